The first-order valence-corrected chi connectivity index (χ1v) is 8.39. The Morgan fingerprint density at radius 2 is 1.96 bits per heavy atom. The summed E-state index contributed by atoms with van der Waals surface area (Å²) in [6, 6.07) is 12.1. The highest BCUT2D eigenvalue weighted by molar-refractivity contribution is 7.80. The molecule has 0 aliphatic carbocycles. The number of nitrogens with zero attached hydrogens (tertiary/aromatic N) is 1. The third-order valence-electron chi connectivity index (χ3n) is 4.17. The summed E-state index contributed by atoms with van der Waals surface area (Å²) in [6.45, 7) is 1.58. The fourth-order valence-electron chi connectivity index (χ4n) is 2.68. The summed E-state index contributed by atoms with van der Waals surface area (Å²) >= 11 is 5.09. The number of hydrogen-bond donors (Lipinski definition) is 3. The van der Waals surface area contributed by atoms with Gasteiger partial charge in [-0.05, 0) is 49.0 Å². The number of methoxy groups -OCH3 is 1. The first-order chi connectivity index (χ1) is 12.8. The van der Waals surface area contributed by atoms with Gasteiger partial charge in [0, 0.05) is 0 Å². The lowest BCUT2D eigenvalue weighted by atomic mass is 9.92. The molecule has 2 aromatic carbocycles. The molecule has 1 fully saturated rings. The van der Waals surface area contributed by atoms with E-state index in [0.29, 0.717) is 11.3 Å². The third kappa shape index (κ3) is 3.54. The van der Waals surface area contributed by atoms with Crippen molar-refractivity contribution in [2.24, 2.45) is 0 Å². The highest BCUT2D eigenvalue weighted by Crippen LogP contribution is 2.30. The molecule has 0 unspecified atom stereocenters. The first kappa shape index (κ1) is 18.6. The zero-order valence-corrected chi connectivity index (χ0v) is 15.4. The summed E-state index contributed by atoms with van der Waals surface area (Å²) in [5.41, 5.74) is 1.88. The summed E-state index contributed by atoms with van der Waals surface area (Å²) < 4.78 is 18.9. The molecule has 3 N–H and O–H groups in total. The Kier molecular flexibility index (Phi) is 4.95. The van der Waals surface area contributed by atoms with Crippen LogP contribution in [0, 0.1) is 5.82 Å². The second kappa shape index (κ2) is 7.20. The van der Waals surface area contributed by atoms with Crippen LogP contribution < -0.4 is 20.8 Å². The standard InChI is InChI=1S/C18H17FN4O3S/c1-18(11-6-5-7-12(10-11)26-2)15(24)23(17(25)21-18)22-16(27)20-14-9-4-3-8-13(14)19/h3-10H,1-2H3,(H,21,25)(H2,20,22,27)/t18-/m0/s1. The summed E-state index contributed by atoms with van der Waals surface area (Å²) in [5, 5.41) is 5.91. The fraction of sp³-hybridized carbons (Fsp3) is 0.167. The topological polar surface area (TPSA) is 82.7 Å². The number of carbonyl (C=O) groups is 2. The number of rotatable bonds is 4. The van der Waals surface area contributed by atoms with Gasteiger partial charge in [-0.3, -0.25) is 10.2 Å². The van der Waals surface area contributed by atoms with Crippen LogP contribution in [0.5, 0.6) is 5.75 Å². The molecule has 0 bridgehead atoms. The van der Waals surface area contributed by atoms with E-state index in [1.807, 2.05) is 0 Å². The Bertz CT molecular complexity index is 923. The van der Waals surface area contributed by atoms with Crippen LogP contribution in [0.25, 0.3) is 0 Å². The largest absolute Gasteiger partial charge is 0.497 e. The molecule has 2 aromatic rings. The van der Waals surface area contributed by atoms with Gasteiger partial charge in [0.15, 0.2) is 5.11 Å². The Labute approximate surface area is 160 Å². The van der Waals surface area contributed by atoms with Gasteiger partial charge in [0.2, 0.25) is 0 Å². The van der Waals surface area contributed by atoms with Crippen LogP contribution in [-0.2, 0) is 10.3 Å². The Morgan fingerprint density at radius 1 is 1.22 bits per heavy atom. The van der Waals surface area contributed by atoms with E-state index in [0.717, 1.165) is 5.01 Å². The van der Waals surface area contributed by atoms with Gasteiger partial charge in [0.1, 0.15) is 17.1 Å². The van der Waals surface area contributed by atoms with Crippen molar-refractivity contribution in [2.75, 3.05) is 12.4 Å². The zero-order valence-electron chi connectivity index (χ0n) is 14.6. The number of nitrogens with one attached hydrogen (secondary N) is 3. The van der Waals surface area contributed by atoms with Gasteiger partial charge in [0.25, 0.3) is 5.91 Å². The van der Waals surface area contributed by atoms with E-state index in [1.54, 1.807) is 37.3 Å². The van der Waals surface area contributed by atoms with Gasteiger partial charge in [-0.25, -0.2) is 9.18 Å². The van der Waals surface area contributed by atoms with Crippen molar-refractivity contribution in [3.05, 3.63) is 59.9 Å². The van der Waals surface area contributed by atoms with Crippen molar-refractivity contribution >= 4 is 35.0 Å². The molecule has 1 aliphatic heterocycles. The molecular formula is C18H17FN4O3S. The fourth-order valence-corrected chi connectivity index (χ4v) is 2.89. The molecular weight excluding hydrogens is 371 g/mol. The molecule has 1 aliphatic rings. The average Bonchev–Trinajstić information content (AvgIpc) is 2.88. The molecule has 1 atom stereocenters. The number of benzene rings is 2. The Hall–Kier alpha value is -3.20. The number of urea groups is 1. The lowest BCUT2D eigenvalue weighted by Crippen LogP contribution is -2.49. The lowest BCUT2D eigenvalue weighted by Gasteiger charge is -2.23. The number of hydrogen-bond acceptors (Lipinski definition) is 4. The summed E-state index contributed by atoms with van der Waals surface area (Å²) in [4.78, 5) is 25.2. The number of ether oxygens (including phenoxy) is 1. The predicted molar refractivity (Wildman–Crippen MR) is 101 cm³/mol. The number of halogens is 1. The van der Waals surface area contributed by atoms with Crippen LogP contribution in [0.2, 0.25) is 0 Å². The minimum Gasteiger partial charge on any atom is -0.497 e. The van der Waals surface area contributed by atoms with E-state index in [9.17, 15) is 14.0 Å². The van der Waals surface area contributed by atoms with Gasteiger partial charge >= 0.3 is 6.03 Å². The molecule has 1 heterocycles. The number of hydrazine groups is 1. The lowest BCUT2D eigenvalue weighted by molar-refractivity contribution is -0.132. The molecule has 3 amide bonds. The average molecular weight is 388 g/mol. The van der Waals surface area contributed by atoms with E-state index in [2.05, 4.69) is 16.1 Å². The number of carbonyl (C=O) groups excluding carboxylic acids is 2. The Morgan fingerprint density at radius 3 is 2.67 bits per heavy atom. The molecule has 9 heteroatoms. The molecule has 0 saturated carbocycles. The van der Waals surface area contributed by atoms with E-state index < -0.39 is 23.3 Å². The summed E-state index contributed by atoms with van der Waals surface area (Å²) in [5.74, 6) is -0.516. The molecule has 140 valence electrons. The molecule has 3 rings (SSSR count). The molecule has 1 saturated heterocycles. The maximum absolute atomic E-state index is 13.7. The predicted octanol–water partition coefficient (Wildman–Crippen LogP) is 2.50. The number of para-hydroxylation sites is 1. The second-order valence-corrected chi connectivity index (χ2v) is 6.38. The van der Waals surface area contributed by atoms with Crippen molar-refractivity contribution in [1.29, 1.82) is 0 Å². The minimum atomic E-state index is -1.30. The normalized spacial score (nSPS) is 18.9. The van der Waals surface area contributed by atoms with Crippen molar-refractivity contribution in [1.82, 2.24) is 15.8 Å². The molecule has 0 spiro atoms. The first-order valence-electron chi connectivity index (χ1n) is 7.98. The Balaban J connectivity index is 1.77. The summed E-state index contributed by atoms with van der Waals surface area (Å²) in [7, 11) is 1.51. The number of thiocarbonyl (C=S) groups is 1. The van der Waals surface area contributed by atoms with Gasteiger partial charge in [-0.15, -0.1) is 0 Å². The number of amides is 3. The molecule has 7 nitrogen and oxygen atoms in total. The van der Waals surface area contributed by atoms with Gasteiger partial charge in [-0.1, -0.05) is 24.3 Å². The number of anilines is 1. The smallest absolute Gasteiger partial charge is 0.344 e. The van der Waals surface area contributed by atoms with Crippen molar-refractivity contribution in [3.8, 4) is 5.75 Å². The van der Waals surface area contributed by atoms with Gasteiger partial charge < -0.3 is 15.4 Å². The van der Waals surface area contributed by atoms with E-state index in [4.69, 9.17) is 17.0 Å². The van der Waals surface area contributed by atoms with E-state index in [-0.39, 0.29) is 10.8 Å². The number of imide groups is 1. The van der Waals surface area contributed by atoms with Gasteiger partial charge in [0.05, 0.1) is 12.8 Å². The van der Waals surface area contributed by atoms with Crippen LogP contribution in [-0.4, -0.2) is 29.2 Å². The second-order valence-electron chi connectivity index (χ2n) is 5.97. The van der Waals surface area contributed by atoms with Crippen LogP contribution in [0.4, 0.5) is 14.9 Å². The van der Waals surface area contributed by atoms with Crippen molar-refractivity contribution in [3.63, 3.8) is 0 Å². The van der Waals surface area contributed by atoms with Crippen LogP contribution >= 0.6 is 12.2 Å². The SMILES string of the molecule is COc1cccc([C@]2(C)NC(=O)N(NC(=S)Nc3ccccc3F)C2=O)c1. The van der Waals surface area contributed by atoms with Gasteiger partial charge in [-0.2, -0.15) is 5.01 Å². The monoisotopic (exact) mass is 388 g/mol. The molecule has 27 heavy (non-hydrogen) atoms. The van der Waals surface area contributed by atoms with Crippen LogP contribution in [0.15, 0.2) is 48.5 Å². The van der Waals surface area contributed by atoms with Crippen LogP contribution in [0.1, 0.15) is 12.5 Å². The third-order valence-corrected chi connectivity index (χ3v) is 4.37. The zero-order chi connectivity index (χ0) is 19.6. The summed E-state index contributed by atoms with van der Waals surface area (Å²) in [6.07, 6.45) is 0. The van der Waals surface area contributed by atoms with Crippen molar-refractivity contribution < 1.29 is 18.7 Å². The maximum Gasteiger partial charge on any atom is 0.344 e. The van der Waals surface area contributed by atoms with Crippen LogP contribution in [0.3, 0.4) is 0 Å². The van der Waals surface area contributed by atoms with Crippen molar-refractivity contribution in [2.45, 2.75) is 12.5 Å². The highest BCUT2D eigenvalue weighted by Gasteiger charge is 2.50. The minimum absolute atomic E-state index is 0.0986. The molecule has 0 aromatic heterocycles. The quantitative estimate of drug-likeness (QED) is 0.552. The van der Waals surface area contributed by atoms with E-state index >= 15 is 0 Å². The highest BCUT2D eigenvalue weighted by atomic mass is 32.1. The maximum atomic E-state index is 13.7. The van der Waals surface area contributed by atoms with E-state index in [1.165, 1.54) is 25.3 Å². The molecule has 0 radical (unpaired) electrons.